The SMILES string of the molecule is COCCN(C)CCN1CC2(CCN(C(=O)[C@H](N)C(C)C)CC2)OC1=O. The van der Waals surface area contributed by atoms with E-state index in [-0.39, 0.29) is 17.9 Å². The van der Waals surface area contributed by atoms with Crippen molar-refractivity contribution in [2.24, 2.45) is 11.7 Å². The van der Waals surface area contributed by atoms with Crippen LogP contribution in [0.25, 0.3) is 0 Å². The van der Waals surface area contributed by atoms with E-state index >= 15 is 0 Å². The Morgan fingerprint density at radius 3 is 2.58 bits per heavy atom. The van der Waals surface area contributed by atoms with Gasteiger partial charge in [-0.05, 0) is 13.0 Å². The van der Waals surface area contributed by atoms with Crippen LogP contribution in [0.2, 0.25) is 0 Å². The number of likely N-dealkylation sites (N-methyl/N-ethyl adjacent to an activating group) is 1. The number of amides is 2. The van der Waals surface area contributed by atoms with Gasteiger partial charge in [0.15, 0.2) is 0 Å². The van der Waals surface area contributed by atoms with Gasteiger partial charge in [-0.15, -0.1) is 0 Å². The molecule has 8 heteroatoms. The first-order valence-electron chi connectivity index (χ1n) is 9.48. The van der Waals surface area contributed by atoms with Crippen LogP contribution in [0.15, 0.2) is 0 Å². The predicted octanol–water partition coefficient (Wildman–Crippen LogP) is 0.361. The molecule has 2 N–H and O–H groups in total. The smallest absolute Gasteiger partial charge is 0.410 e. The average molecular weight is 370 g/mol. The third-order valence-corrected chi connectivity index (χ3v) is 5.46. The zero-order chi connectivity index (χ0) is 19.3. The van der Waals surface area contributed by atoms with E-state index in [2.05, 4.69) is 4.90 Å². The fourth-order valence-electron chi connectivity index (χ4n) is 3.41. The Morgan fingerprint density at radius 2 is 2.00 bits per heavy atom. The average Bonchev–Trinajstić information content (AvgIpc) is 2.92. The number of nitrogens with two attached hydrogens (primary N) is 1. The number of hydrogen-bond donors (Lipinski definition) is 1. The molecule has 2 fully saturated rings. The van der Waals surface area contributed by atoms with Crippen molar-refractivity contribution in [3.8, 4) is 0 Å². The van der Waals surface area contributed by atoms with E-state index in [0.717, 1.165) is 13.1 Å². The van der Waals surface area contributed by atoms with Gasteiger partial charge in [-0.3, -0.25) is 4.79 Å². The van der Waals surface area contributed by atoms with E-state index in [4.69, 9.17) is 15.2 Å². The van der Waals surface area contributed by atoms with Gasteiger partial charge in [0.2, 0.25) is 5.91 Å². The standard InChI is InChI=1S/C18H34N4O4/c1-14(2)15(19)16(23)21-7-5-18(6-8-21)13-22(17(24)26-18)10-9-20(3)11-12-25-4/h14-15H,5-13,19H2,1-4H3/t15-/m1/s1. The highest BCUT2D eigenvalue weighted by molar-refractivity contribution is 5.82. The van der Waals surface area contributed by atoms with E-state index in [1.54, 1.807) is 12.0 Å². The van der Waals surface area contributed by atoms with Gasteiger partial charge in [-0.2, -0.15) is 0 Å². The van der Waals surface area contributed by atoms with E-state index in [9.17, 15) is 9.59 Å². The predicted molar refractivity (Wildman–Crippen MR) is 98.8 cm³/mol. The number of likely N-dealkylation sites (tertiary alicyclic amines) is 1. The summed E-state index contributed by atoms with van der Waals surface area (Å²) in [6.07, 6.45) is 1.10. The summed E-state index contributed by atoms with van der Waals surface area (Å²) >= 11 is 0. The molecule has 2 aliphatic rings. The molecular weight excluding hydrogens is 336 g/mol. The maximum Gasteiger partial charge on any atom is 0.410 e. The summed E-state index contributed by atoms with van der Waals surface area (Å²) in [5.74, 6) is 0.115. The van der Waals surface area contributed by atoms with Crippen molar-refractivity contribution in [1.82, 2.24) is 14.7 Å². The molecule has 2 rings (SSSR count). The normalized spacial score (nSPS) is 21.0. The maximum atomic E-state index is 12.4. The Hall–Kier alpha value is -1.38. The van der Waals surface area contributed by atoms with E-state index < -0.39 is 11.6 Å². The molecule has 0 unspecified atom stereocenters. The van der Waals surface area contributed by atoms with Crippen molar-refractivity contribution < 1.29 is 19.1 Å². The van der Waals surface area contributed by atoms with Gasteiger partial charge in [-0.25, -0.2) is 4.79 Å². The van der Waals surface area contributed by atoms with Crippen molar-refractivity contribution in [3.63, 3.8) is 0 Å². The number of rotatable bonds is 8. The minimum Gasteiger partial charge on any atom is -0.441 e. The summed E-state index contributed by atoms with van der Waals surface area (Å²) < 4.78 is 10.8. The Kier molecular flexibility index (Phi) is 7.25. The Morgan fingerprint density at radius 1 is 1.35 bits per heavy atom. The molecule has 0 aromatic rings. The summed E-state index contributed by atoms with van der Waals surface area (Å²) in [5.41, 5.74) is 5.53. The lowest BCUT2D eigenvalue weighted by molar-refractivity contribution is -0.136. The fourth-order valence-corrected chi connectivity index (χ4v) is 3.41. The van der Waals surface area contributed by atoms with Gasteiger partial charge in [0.05, 0.1) is 19.2 Å². The highest BCUT2D eigenvalue weighted by atomic mass is 16.6. The second-order valence-electron chi connectivity index (χ2n) is 7.86. The zero-order valence-corrected chi connectivity index (χ0v) is 16.6. The first kappa shape index (κ1) is 20.9. The van der Waals surface area contributed by atoms with Crippen molar-refractivity contribution in [2.45, 2.75) is 38.3 Å². The molecule has 2 amide bonds. The molecule has 0 saturated carbocycles. The van der Waals surface area contributed by atoms with Gasteiger partial charge >= 0.3 is 6.09 Å². The molecule has 1 atom stereocenters. The maximum absolute atomic E-state index is 12.4. The van der Waals surface area contributed by atoms with Crippen molar-refractivity contribution in [3.05, 3.63) is 0 Å². The third kappa shape index (κ3) is 5.08. The van der Waals surface area contributed by atoms with E-state index in [1.165, 1.54) is 0 Å². The zero-order valence-electron chi connectivity index (χ0n) is 16.6. The van der Waals surface area contributed by atoms with Crippen LogP contribution in [0.3, 0.4) is 0 Å². The number of piperidine rings is 1. The monoisotopic (exact) mass is 370 g/mol. The lowest BCUT2D eigenvalue weighted by atomic mass is 9.90. The van der Waals surface area contributed by atoms with Gasteiger partial charge in [0.1, 0.15) is 5.60 Å². The minimum absolute atomic E-state index is 0.00389. The molecule has 2 heterocycles. The highest BCUT2D eigenvalue weighted by Gasteiger charge is 2.47. The van der Waals surface area contributed by atoms with Crippen LogP contribution in [0.5, 0.6) is 0 Å². The number of methoxy groups -OCH3 is 1. The van der Waals surface area contributed by atoms with Gasteiger partial charge < -0.3 is 29.9 Å². The quantitative estimate of drug-likeness (QED) is 0.664. The largest absolute Gasteiger partial charge is 0.441 e. The van der Waals surface area contributed by atoms with Gasteiger partial charge in [-0.1, -0.05) is 13.8 Å². The molecule has 0 aliphatic carbocycles. The number of nitrogens with zero attached hydrogens (tertiary/aromatic N) is 3. The minimum atomic E-state index is -0.464. The molecule has 150 valence electrons. The van der Waals surface area contributed by atoms with Crippen LogP contribution in [0, 0.1) is 5.92 Å². The van der Waals surface area contributed by atoms with Crippen LogP contribution in [-0.2, 0) is 14.3 Å². The molecule has 0 radical (unpaired) electrons. The molecule has 0 aromatic heterocycles. The number of ether oxygens (including phenoxy) is 2. The second kappa shape index (κ2) is 9.01. The Balaban J connectivity index is 1.82. The molecule has 0 aromatic carbocycles. The molecule has 1 spiro atoms. The number of carbonyl (C=O) groups is 2. The van der Waals surface area contributed by atoms with Crippen LogP contribution >= 0.6 is 0 Å². The number of hydrogen-bond acceptors (Lipinski definition) is 6. The summed E-state index contributed by atoms with van der Waals surface area (Å²) in [5, 5.41) is 0. The van der Waals surface area contributed by atoms with Crippen LogP contribution in [0.4, 0.5) is 4.79 Å². The summed E-state index contributed by atoms with van der Waals surface area (Å²) in [7, 11) is 3.69. The highest BCUT2D eigenvalue weighted by Crippen LogP contribution is 2.33. The molecule has 2 aliphatic heterocycles. The molecule has 0 bridgehead atoms. The lowest BCUT2D eigenvalue weighted by Crippen LogP contribution is -2.53. The summed E-state index contributed by atoms with van der Waals surface area (Å²) in [4.78, 5) is 30.4. The fraction of sp³-hybridized carbons (Fsp3) is 0.889. The first-order valence-corrected chi connectivity index (χ1v) is 9.48. The van der Waals surface area contributed by atoms with Crippen LogP contribution in [0.1, 0.15) is 26.7 Å². The third-order valence-electron chi connectivity index (χ3n) is 5.46. The van der Waals surface area contributed by atoms with Crippen LogP contribution in [-0.4, -0.2) is 98.4 Å². The molecule has 2 saturated heterocycles. The van der Waals surface area contributed by atoms with E-state index in [1.807, 2.05) is 25.8 Å². The van der Waals surface area contributed by atoms with Crippen molar-refractivity contribution in [2.75, 3.05) is 60.0 Å². The van der Waals surface area contributed by atoms with E-state index in [0.29, 0.717) is 45.6 Å². The van der Waals surface area contributed by atoms with Gasteiger partial charge in [0.25, 0.3) is 0 Å². The first-order chi connectivity index (χ1) is 12.3. The second-order valence-corrected chi connectivity index (χ2v) is 7.86. The Bertz CT molecular complexity index is 492. The molecular formula is C18H34N4O4. The summed E-state index contributed by atoms with van der Waals surface area (Å²) in [6, 6.07) is -0.464. The summed E-state index contributed by atoms with van der Waals surface area (Å²) in [6.45, 7) is 8.61. The Labute approximate surface area is 156 Å². The van der Waals surface area contributed by atoms with Crippen LogP contribution < -0.4 is 5.73 Å². The molecule has 8 nitrogen and oxygen atoms in total. The molecule has 26 heavy (non-hydrogen) atoms. The van der Waals surface area contributed by atoms with Crippen molar-refractivity contribution >= 4 is 12.0 Å². The van der Waals surface area contributed by atoms with Crippen molar-refractivity contribution in [1.29, 1.82) is 0 Å². The van der Waals surface area contributed by atoms with Gasteiger partial charge in [0, 0.05) is 52.7 Å². The number of carbonyl (C=O) groups excluding carboxylic acids is 2. The topological polar surface area (TPSA) is 88.3 Å². The lowest BCUT2D eigenvalue weighted by Gasteiger charge is -2.38.